The number of ether oxygens (including phenoxy) is 1. The first-order valence-electron chi connectivity index (χ1n) is 20.9. The van der Waals surface area contributed by atoms with Gasteiger partial charge >= 0.3 is 0 Å². The number of aromatic nitrogens is 2. The molecule has 1 unspecified atom stereocenters. The van der Waals surface area contributed by atoms with E-state index in [9.17, 15) is 19.3 Å². The first kappa shape index (κ1) is 44.1. The fourth-order valence-electron chi connectivity index (χ4n) is 8.23. The van der Waals surface area contributed by atoms with Crippen molar-refractivity contribution in [1.29, 1.82) is 0 Å². The van der Waals surface area contributed by atoms with Crippen LogP contribution in [0.5, 0.6) is 5.75 Å². The van der Waals surface area contributed by atoms with E-state index >= 15 is 0 Å². The standard InChI is InChI=1S/C45H55ClN9O5P/c1-60-40-27-39(33(30-56)26-38(40)50-45-48-29-35(46)43(52-45)49-36-13-6-7-14-41(36)61(2,3)59)55-20-17-34(18-21-55)54-24-22-53(23-25-54)19-9-8-11-31-10-4-5-12-32(31)28-47-37-15-16-42(57)51-44(37)58/h4-7,10,12-14,26-27,29,34,37,47,56H,9,15-25,28,30H2,1-3H3,(H,51,57,58)(H2,48,49,50,52). The molecule has 14 nitrogen and oxygen atoms in total. The van der Waals surface area contributed by atoms with E-state index < -0.39 is 7.14 Å². The summed E-state index contributed by atoms with van der Waals surface area (Å²) in [6.07, 6.45) is 5.19. The van der Waals surface area contributed by atoms with Crippen molar-refractivity contribution >= 4 is 64.7 Å². The van der Waals surface area contributed by atoms with Crippen LogP contribution in [0, 0.1) is 11.8 Å². The van der Waals surface area contributed by atoms with E-state index in [0.717, 1.165) is 87.5 Å². The maximum Gasteiger partial charge on any atom is 0.243 e. The molecule has 3 aliphatic heterocycles. The van der Waals surface area contributed by atoms with E-state index in [0.29, 0.717) is 58.7 Å². The van der Waals surface area contributed by atoms with Crippen molar-refractivity contribution in [3.8, 4) is 17.6 Å². The number of piperazine rings is 1. The van der Waals surface area contributed by atoms with Crippen molar-refractivity contribution in [3.63, 3.8) is 0 Å². The molecule has 1 aromatic heterocycles. The molecule has 1 atom stereocenters. The Hall–Kier alpha value is -5.00. The molecule has 3 aliphatic rings. The number of halogens is 1. The van der Waals surface area contributed by atoms with Crippen LogP contribution < -0.4 is 36.2 Å². The first-order valence-corrected chi connectivity index (χ1v) is 23.8. The van der Waals surface area contributed by atoms with Crippen molar-refractivity contribution in [2.75, 3.05) is 81.8 Å². The number of amides is 2. The maximum absolute atomic E-state index is 12.9. The molecule has 0 bridgehead atoms. The summed E-state index contributed by atoms with van der Waals surface area (Å²) in [5.41, 5.74) is 4.99. The van der Waals surface area contributed by atoms with E-state index in [4.69, 9.17) is 16.3 Å². The number of piperidine rings is 2. The van der Waals surface area contributed by atoms with Crippen LogP contribution >= 0.6 is 18.7 Å². The summed E-state index contributed by atoms with van der Waals surface area (Å²) in [6, 6.07) is 19.4. The number of rotatable bonds is 14. The average Bonchev–Trinajstić information content (AvgIpc) is 3.26. The van der Waals surface area contributed by atoms with Crippen molar-refractivity contribution in [1.82, 2.24) is 30.4 Å². The predicted molar refractivity (Wildman–Crippen MR) is 242 cm³/mol. The number of aliphatic hydroxyl groups excluding tert-OH is 1. The third-order valence-electron chi connectivity index (χ3n) is 11.6. The quantitative estimate of drug-likeness (QED) is 0.0632. The number of para-hydroxylation sites is 1. The molecule has 0 saturated carbocycles. The number of imide groups is 1. The maximum atomic E-state index is 12.9. The summed E-state index contributed by atoms with van der Waals surface area (Å²) in [5.74, 6) is 7.49. The molecule has 0 aliphatic carbocycles. The lowest BCUT2D eigenvalue weighted by atomic mass is 10.00. The molecule has 5 N–H and O–H groups in total. The molecule has 3 aromatic carbocycles. The highest BCUT2D eigenvalue weighted by atomic mass is 35.5. The molecule has 4 aromatic rings. The fourth-order valence-corrected chi connectivity index (χ4v) is 9.52. The van der Waals surface area contributed by atoms with Gasteiger partial charge in [-0.3, -0.25) is 24.7 Å². The number of hydrogen-bond acceptors (Lipinski definition) is 13. The number of nitrogens with zero attached hydrogens (tertiary/aromatic N) is 5. The third kappa shape index (κ3) is 11.3. The zero-order valence-electron chi connectivity index (χ0n) is 35.0. The van der Waals surface area contributed by atoms with Crippen molar-refractivity contribution < 1.29 is 24.0 Å². The van der Waals surface area contributed by atoms with Crippen LogP contribution in [0.1, 0.15) is 48.8 Å². The van der Waals surface area contributed by atoms with Crippen LogP contribution in [0.25, 0.3) is 0 Å². The molecule has 16 heteroatoms. The predicted octanol–water partition coefficient (Wildman–Crippen LogP) is 5.29. The van der Waals surface area contributed by atoms with E-state index in [2.05, 4.69) is 57.8 Å². The monoisotopic (exact) mass is 867 g/mol. The summed E-state index contributed by atoms with van der Waals surface area (Å²) in [6.45, 7) is 10.5. The fraction of sp³-hybridized carbons (Fsp3) is 0.422. The third-order valence-corrected chi connectivity index (χ3v) is 13.4. The molecule has 322 valence electrons. The van der Waals surface area contributed by atoms with Gasteiger partial charge < -0.3 is 35.3 Å². The average molecular weight is 868 g/mol. The Morgan fingerprint density at radius 3 is 2.44 bits per heavy atom. The lowest BCUT2D eigenvalue weighted by Crippen LogP contribution is -2.53. The molecule has 0 spiro atoms. The number of benzene rings is 3. The second-order valence-electron chi connectivity index (χ2n) is 16.0. The van der Waals surface area contributed by atoms with Gasteiger partial charge in [0.05, 0.1) is 37.3 Å². The number of anilines is 5. The highest BCUT2D eigenvalue weighted by Gasteiger charge is 2.29. The summed E-state index contributed by atoms with van der Waals surface area (Å²) in [7, 11) is -0.955. The van der Waals surface area contributed by atoms with Crippen LogP contribution in [-0.4, -0.2) is 115 Å². The highest BCUT2D eigenvalue weighted by molar-refractivity contribution is 7.70. The molecular weight excluding hydrogens is 813 g/mol. The normalized spacial score (nSPS) is 18.0. The minimum atomic E-state index is -2.57. The number of carbonyl (C=O) groups is 2. The second-order valence-corrected chi connectivity index (χ2v) is 19.6. The van der Waals surface area contributed by atoms with Gasteiger partial charge in [-0.1, -0.05) is 53.8 Å². The Morgan fingerprint density at radius 2 is 1.70 bits per heavy atom. The van der Waals surface area contributed by atoms with Gasteiger partial charge in [-0.2, -0.15) is 4.98 Å². The van der Waals surface area contributed by atoms with E-state index in [1.54, 1.807) is 20.4 Å². The van der Waals surface area contributed by atoms with Crippen LogP contribution in [-0.2, 0) is 27.3 Å². The number of methoxy groups -OCH3 is 1. The number of hydrogen-bond donors (Lipinski definition) is 5. The minimum absolute atomic E-state index is 0.145. The van der Waals surface area contributed by atoms with E-state index in [1.165, 1.54) is 6.20 Å². The van der Waals surface area contributed by atoms with Crippen LogP contribution in [0.4, 0.5) is 28.8 Å². The molecule has 3 saturated heterocycles. The molecule has 3 fully saturated rings. The zero-order chi connectivity index (χ0) is 42.9. The molecular formula is C45H55ClN9O5P. The molecule has 7 rings (SSSR count). The Balaban J connectivity index is 0.895. The van der Waals surface area contributed by atoms with Gasteiger partial charge in [0.25, 0.3) is 0 Å². The molecule has 61 heavy (non-hydrogen) atoms. The molecule has 4 heterocycles. The van der Waals surface area contributed by atoms with E-state index in [1.807, 2.05) is 60.7 Å². The SMILES string of the molecule is COc1cc(N2CCC(N3CCN(CCC#Cc4ccccc4CNC4CCC(=O)NC4=O)CC3)CC2)c(CO)cc1Nc1ncc(Cl)c(Nc2ccccc2P(C)(C)=O)n1. The first-order chi connectivity index (χ1) is 29.5. The van der Waals surface area contributed by atoms with Gasteiger partial charge in [0.15, 0.2) is 5.82 Å². The number of nitrogens with one attached hydrogen (secondary N) is 4. The number of carbonyl (C=O) groups excluding carboxylic acids is 2. The van der Waals surface area contributed by atoms with Crippen LogP contribution in [0.15, 0.2) is 66.9 Å². The van der Waals surface area contributed by atoms with Crippen molar-refractivity contribution in [3.05, 3.63) is 88.6 Å². The second kappa shape index (κ2) is 20.2. The largest absolute Gasteiger partial charge is 0.494 e. The number of aliphatic hydroxyl groups is 1. The van der Waals surface area contributed by atoms with E-state index in [-0.39, 0.29) is 30.4 Å². The van der Waals surface area contributed by atoms with Crippen molar-refractivity contribution in [2.45, 2.75) is 57.3 Å². The van der Waals surface area contributed by atoms with Gasteiger partial charge in [-0.05, 0) is 62.4 Å². The molecule has 0 radical (unpaired) electrons. The van der Waals surface area contributed by atoms with Crippen LogP contribution in [0.3, 0.4) is 0 Å². The summed E-state index contributed by atoms with van der Waals surface area (Å²) < 4.78 is 18.8. The lowest BCUT2D eigenvalue weighted by molar-refractivity contribution is -0.134. The van der Waals surface area contributed by atoms with Gasteiger partial charge in [0, 0.05) is 99.4 Å². The topological polar surface area (TPSA) is 164 Å². The lowest BCUT2D eigenvalue weighted by Gasteiger charge is -2.43. The Labute approximate surface area is 363 Å². The Bertz CT molecular complexity index is 2320. The van der Waals surface area contributed by atoms with Crippen molar-refractivity contribution in [2.24, 2.45) is 0 Å². The summed E-state index contributed by atoms with van der Waals surface area (Å²) in [5, 5.41) is 23.7. The van der Waals surface area contributed by atoms with Gasteiger partial charge in [-0.15, -0.1) is 0 Å². The van der Waals surface area contributed by atoms with Gasteiger partial charge in [0.2, 0.25) is 17.8 Å². The smallest absolute Gasteiger partial charge is 0.243 e. The summed E-state index contributed by atoms with van der Waals surface area (Å²) >= 11 is 6.50. The highest BCUT2D eigenvalue weighted by Crippen LogP contribution is 2.40. The van der Waals surface area contributed by atoms with Gasteiger partial charge in [-0.25, -0.2) is 4.98 Å². The Morgan fingerprint density at radius 1 is 0.951 bits per heavy atom. The Kier molecular flexibility index (Phi) is 14.6. The minimum Gasteiger partial charge on any atom is -0.494 e. The van der Waals surface area contributed by atoms with Gasteiger partial charge in [0.1, 0.15) is 17.9 Å². The van der Waals surface area contributed by atoms with Crippen LogP contribution in [0.2, 0.25) is 5.02 Å². The molecule has 2 amide bonds. The summed E-state index contributed by atoms with van der Waals surface area (Å²) in [4.78, 5) is 40.1. The zero-order valence-corrected chi connectivity index (χ0v) is 36.7.